The van der Waals surface area contributed by atoms with Gasteiger partial charge in [0.05, 0.1) is 11.4 Å². The van der Waals surface area contributed by atoms with E-state index in [2.05, 4.69) is 9.71 Å². The zero-order chi connectivity index (χ0) is 13.2. The first kappa shape index (κ1) is 13.6. The van der Waals surface area contributed by atoms with Crippen molar-refractivity contribution in [2.45, 2.75) is 20.8 Å². The zero-order valence-electron chi connectivity index (χ0n) is 9.94. The van der Waals surface area contributed by atoms with Crippen molar-refractivity contribution in [1.82, 2.24) is 4.98 Å². The molecule has 0 atom stereocenters. The molecule has 0 saturated heterocycles. The lowest BCUT2D eigenvalue weighted by Crippen LogP contribution is -2.21. The highest BCUT2D eigenvalue weighted by atomic mass is 32.2. The quantitative estimate of drug-likeness (QED) is 0.745. The van der Waals surface area contributed by atoms with Gasteiger partial charge in [0.15, 0.2) is 0 Å². The largest absolute Gasteiger partial charge is 0.477 e. The fraction of sp³-hybridized carbons (Fsp3) is 0.500. The summed E-state index contributed by atoms with van der Waals surface area (Å²) in [4.78, 5) is 13.5. The maximum atomic E-state index is 11.7. The first-order chi connectivity index (χ1) is 7.71. The van der Waals surface area contributed by atoms with Crippen molar-refractivity contribution < 1.29 is 18.3 Å². The van der Waals surface area contributed by atoms with Gasteiger partial charge in [-0.25, -0.2) is 13.2 Å². The fourth-order valence-corrected chi connectivity index (χ4v) is 2.94. The third kappa shape index (κ3) is 3.77. The van der Waals surface area contributed by atoms with Gasteiger partial charge in [-0.1, -0.05) is 13.8 Å². The Balaban J connectivity index is 2.99. The van der Waals surface area contributed by atoms with Crippen LogP contribution in [-0.4, -0.2) is 30.2 Å². The second-order valence-corrected chi connectivity index (χ2v) is 6.09. The molecule has 0 fully saturated rings. The van der Waals surface area contributed by atoms with Gasteiger partial charge in [-0.05, 0) is 18.9 Å². The number of aromatic carboxylic acids is 1. The van der Waals surface area contributed by atoms with Gasteiger partial charge in [-0.15, -0.1) is 0 Å². The Bertz CT molecular complexity index is 516. The molecule has 0 bridgehead atoms. The zero-order valence-corrected chi connectivity index (χ0v) is 10.8. The number of carboxylic acid groups (broad SMARTS) is 1. The summed E-state index contributed by atoms with van der Waals surface area (Å²) in [5, 5.41) is 8.89. The molecule has 0 aliphatic heterocycles. The van der Waals surface area contributed by atoms with E-state index in [1.54, 1.807) is 20.8 Å². The Labute approximate surface area is 100 Å². The van der Waals surface area contributed by atoms with Gasteiger partial charge in [0.1, 0.15) is 5.69 Å². The van der Waals surface area contributed by atoms with Crippen LogP contribution in [0.2, 0.25) is 0 Å². The lowest BCUT2D eigenvalue weighted by Gasteiger charge is -2.09. The second-order valence-electron chi connectivity index (χ2n) is 4.32. The summed E-state index contributed by atoms with van der Waals surface area (Å²) in [5.74, 6) is -1.27. The van der Waals surface area contributed by atoms with Gasteiger partial charge in [-0.2, -0.15) is 0 Å². The highest BCUT2D eigenvalue weighted by molar-refractivity contribution is 7.92. The third-order valence-electron chi connectivity index (χ3n) is 1.98. The molecule has 0 saturated carbocycles. The van der Waals surface area contributed by atoms with Gasteiger partial charge in [0.2, 0.25) is 10.0 Å². The van der Waals surface area contributed by atoms with Crippen molar-refractivity contribution in [3.63, 3.8) is 0 Å². The average molecular weight is 260 g/mol. The van der Waals surface area contributed by atoms with Crippen molar-refractivity contribution in [3.05, 3.63) is 17.5 Å². The minimum Gasteiger partial charge on any atom is -0.477 e. The van der Waals surface area contributed by atoms with Crippen LogP contribution in [0, 0.1) is 12.8 Å². The predicted octanol–water partition coefficient (Wildman–Crippen LogP) is 1.42. The minimum atomic E-state index is -3.51. The smallest absolute Gasteiger partial charge is 0.354 e. The first-order valence-corrected chi connectivity index (χ1v) is 6.80. The van der Waals surface area contributed by atoms with E-state index in [1.165, 1.54) is 6.07 Å². The summed E-state index contributed by atoms with van der Waals surface area (Å²) in [6, 6.07) is 1.46. The van der Waals surface area contributed by atoms with E-state index in [0.717, 1.165) is 0 Å². The van der Waals surface area contributed by atoms with Crippen LogP contribution in [0.3, 0.4) is 0 Å². The summed E-state index contributed by atoms with van der Waals surface area (Å²) in [6.07, 6.45) is 0. The van der Waals surface area contributed by atoms with Crippen molar-refractivity contribution in [1.29, 1.82) is 0 Å². The van der Waals surface area contributed by atoms with Crippen molar-refractivity contribution in [2.24, 2.45) is 5.92 Å². The molecule has 0 radical (unpaired) electrons. The standard InChI is InChI=1S/C10H16N2O4S/c1-6(2)5-17(15,16)12-8-4-7(3)11-9(8)10(13)14/h4,6,11-12H,5H2,1-3H3,(H,13,14). The number of rotatable bonds is 5. The summed E-state index contributed by atoms with van der Waals surface area (Å²) in [7, 11) is -3.51. The molecule has 96 valence electrons. The average Bonchev–Trinajstić information content (AvgIpc) is 2.42. The minimum absolute atomic E-state index is 0.0270. The highest BCUT2D eigenvalue weighted by Gasteiger charge is 2.19. The lowest BCUT2D eigenvalue weighted by atomic mass is 10.3. The third-order valence-corrected chi connectivity index (χ3v) is 3.62. The highest BCUT2D eigenvalue weighted by Crippen LogP contribution is 2.19. The number of H-pyrrole nitrogens is 1. The van der Waals surface area contributed by atoms with Crippen LogP contribution < -0.4 is 4.72 Å². The normalized spacial score (nSPS) is 11.8. The molecule has 1 rings (SSSR count). The molecule has 0 aromatic carbocycles. The number of hydrogen-bond acceptors (Lipinski definition) is 3. The van der Waals surface area contributed by atoms with Crippen LogP contribution in [0.5, 0.6) is 0 Å². The van der Waals surface area contributed by atoms with Crippen LogP contribution >= 0.6 is 0 Å². The van der Waals surface area contributed by atoms with Crippen LogP contribution in [-0.2, 0) is 10.0 Å². The summed E-state index contributed by atoms with van der Waals surface area (Å²) in [6.45, 7) is 5.21. The second kappa shape index (κ2) is 4.79. The molecule has 0 spiro atoms. The number of aromatic amines is 1. The Morgan fingerprint density at radius 2 is 2.12 bits per heavy atom. The van der Waals surface area contributed by atoms with Gasteiger partial charge < -0.3 is 10.1 Å². The van der Waals surface area contributed by atoms with Crippen LogP contribution in [0.4, 0.5) is 5.69 Å². The van der Waals surface area contributed by atoms with E-state index in [0.29, 0.717) is 5.69 Å². The van der Waals surface area contributed by atoms with Gasteiger partial charge in [0, 0.05) is 5.69 Å². The number of aromatic nitrogens is 1. The van der Waals surface area contributed by atoms with Gasteiger partial charge >= 0.3 is 5.97 Å². The molecule has 6 nitrogen and oxygen atoms in total. The monoisotopic (exact) mass is 260 g/mol. The molecular weight excluding hydrogens is 244 g/mol. The molecule has 7 heteroatoms. The first-order valence-electron chi connectivity index (χ1n) is 5.14. The molecule has 1 aromatic heterocycles. The molecule has 0 unspecified atom stereocenters. The summed E-state index contributed by atoms with van der Waals surface area (Å²) < 4.78 is 25.6. The van der Waals surface area contributed by atoms with Gasteiger partial charge in [-0.3, -0.25) is 4.72 Å². The molecular formula is C10H16N2O4S. The van der Waals surface area contributed by atoms with Crippen LogP contribution in [0.1, 0.15) is 30.0 Å². The Morgan fingerprint density at radius 1 is 1.53 bits per heavy atom. The van der Waals surface area contributed by atoms with E-state index < -0.39 is 16.0 Å². The SMILES string of the molecule is Cc1cc(NS(=O)(=O)CC(C)C)c(C(=O)O)[nH]1. The van der Waals surface area contributed by atoms with Crippen LogP contribution in [0.25, 0.3) is 0 Å². The summed E-state index contributed by atoms with van der Waals surface area (Å²) >= 11 is 0. The van der Waals surface area contributed by atoms with Crippen molar-refractivity contribution >= 4 is 21.7 Å². The molecule has 17 heavy (non-hydrogen) atoms. The maximum absolute atomic E-state index is 11.7. The Morgan fingerprint density at radius 3 is 2.59 bits per heavy atom. The predicted molar refractivity (Wildman–Crippen MR) is 64.7 cm³/mol. The molecule has 1 aromatic rings. The Kier molecular flexibility index (Phi) is 3.82. The van der Waals surface area contributed by atoms with E-state index in [1.807, 2.05) is 0 Å². The maximum Gasteiger partial charge on any atom is 0.354 e. The van der Waals surface area contributed by atoms with Crippen molar-refractivity contribution in [3.8, 4) is 0 Å². The van der Waals surface area contributed by atoms with Crippen molar-refractivity contribution in [2.75, 3.05) is 10.5 Å². The van der Waals surface area contributed by atoms with Gasteiger partial charge in [0.25, 0.3) is 0 Å². The number of carbonyl (C=O) groups is 1. The molecule has 0 amide bonds. The molecule has 0 aliphatic rings. The lowest BCUT2D eigenvalue weighted by molar-refractivity contribution is 0.0692. The molecule has 1 heterocycles. The number of aryl methyl sites for hydroxylation is 1. The van der Waals surface area contributed by atoms with E-state index in [9.17, 15) is 13.2 Å². The molecule has 0 aliphatic carbocycles. The van der Waals surface area contributed by atoms with E-state index in [-0.39, 0.29) is 23.1 Å². The topological polar surface area (TPSA) is 99.3 Å². The summed E-state index contributed by atoms with van der Waals surface area (Å²) in [5.41, 5.74) is 0.523. The Hall–Kier alpha value is -1.50. The van der Waals surface area contributed by atoms with Crippen LogP contribution in [0.15, 0.2) is 6.07 Å². The van der Waals surface area contributed by atoms with E-state index >= 15 is 0 Å². The fourth-order valence-electron chi connectivity index (χ4n) is 1.49. The number of anilines is 1. The number of carboxylic acids is 1. The number of nitrogens with one attached hydrogen (secondary N) is 2. The van der Waals surface area contributed by atoms with E-state index in [4.69, 9.17) is 5.11 Å². The number of sulfonamides is 1. The molecule has 3 N–H and O–H groups in total. The number of hydrogen-bond donors (Lipinski definition) is 3.